The number of amides is 1. The quantitative estimate of drug-likeness (QED) is 0.331. The van der Waals surface area contributed by atoms with Crippen LogP contribution in [0.1, 0.15) is 45.9 Å². The Morgan fingerprint density at radius 2 is 1.93 bits per heavy atom. The summed E-state index contributed by atoms with van der Waals surface area (Å²) < 4.78 is 56.5. The van der Waals surface area contributed by atoms with Gasteiger partial charge in [0.05, 0.1) is 45.8 Å². The van der Waals surface area contributed by atoms with Crippen LogP contribution in [-0.2, 0) is 23.4 Å². The number of hydrogen-bond acceptors (Lipinski definition) is 7. The molecule has 2 heterocycles. The Labute approximate surface area is 229 Å². The van der Waals surface area contributed by atoms with Gasteiger partial charge >= 0.3 is 0 Å². The van der Waals surface area contributed by atoms with Gasteiger partial charge in [0.15, 0.2) is 15.7 Å². The number of anilines is 2. The Morgan fingerprint density at radius 1 is 1.18 bits per heavy atom. The minimum absolute atomic E-state index is 0.0263. The van der Waals surface area contributed by atoms with Crippen molar-refractivity contribution in [3.8, 4) is 17.3 Å². The predicted molar refractivity (Wildman–Crippen MR) is 144 cm³/mol. The summed E-state index contributed by atoms with van der Waals surface area (Å²) >= 11 is 0. The minimum Gasteiger partial charge on any atom is -0.396 e. The number of aromatic nitrogens is 3. The Kier molecular flexibility index (Phi) is 6.85. The zero-order valence-electron chi connectivity index (χ0n) is 21.6. The summed E-state index contributed by atoms with van der Waals surface area (Å²) in [6.45, 7) is -0.426. The number of sulfone groups is 1. The molecule has 1 saturated carbocycles. The molecule has 0 radical (unpaired) electrons. The van der Waals surface area contributed by atoms with E-state index in [9.17, 15) is 22.9 Å². The van der Waals surface area contributed by atoms with Gasteiger partial charge in [-0.2, -0.15) is 10.4 Å². The van der Waals surface area contributed by atoms with Crippen molar-refractivity contribution in [2.75, 3.05) is 16.9 Å². The highest BCUT2D eigenvalue weighted by Crippen LogP contribution is 2.39. The maximum atomic E-state index is 15.7. The van der Waals surface area contributed by atoms with E-state index in [1.165, 1.54) is 35.3 Å². The van der Waals surface area contributed by atoms with Crippen molar-refractivity contribution in [1.82, 2.24) is 14.8 Å². The average molecular weight is 563 g/mol. The maximum Gasteiger partial charge on any atom is 0.260 e. The molecule has 0 unspecified atom stereocenters. The third kappa shape index (κ3) is 5.03. The van der Waals surface area contributed by atoms with Crippen LogP contribution in [0.2, 0.25) is 0 Å². The van der Waals surface area contributed by atoms with Gasteiger partial charge in [-0.3, -0.25) is 14.5 Å². The molecule has 1 aliphatic rings. The van der Waals surface area contributed by atoms with E-state index in [4.69, 9.17) is 5.73 Å². The SMILES string of the molecule is Cn1ncc(C#N)c1-c1ccc(CN(C(=O)c2ccc(C3CC3)nc2)c2ccc(F)cc2S(C)(=O)=O)c(F)c1N. The van der Waals surface area contributed by atoms with Crippen LogP contribution in [0.5, 0.6) is 0 Å². The second-order valence-corrected chi connectivity index (χ2v) is 11.6. The summed E-state index contributed by atoms with van der Waals surface area (Å²) in [4.78, 5) is 18.8. The van der Waals surface area contributed by atoms with Crippen molar-refractivity contribution in [2.45, 2.75) is 30.2 Å². The molecule has 0 saturated heterocycles. The highest BCUT2D eigenvalue weighted by molar-refractivity contribution is 7.90. The van der Waals surface area contributed by atoms with Crippen LogP contribution in [0.15, 0.2) is 59.8 Å². The van der Waals surface area contributed by atoms with Gasteiger partial charge in [-0.05, 0) is 43.2 Å². The number of aryl methyl sites for hydroxylation is 1. The Hall–Kier alpha value is -4.63. The van der Waals surface area contributed by atoms with Crippen molar-refractivity contribution < 1.29 is 22.0 Å². The van der Waals surface area contributed by atoms with Crippen molar-refractivity contribution in [3.05, 3.63) is 88.9 Å². The number of benzene rings is 2. The van der Waals surface area contributed by atoms with Gasteiger partial charge in [-0.1, -0.05) is 12.1 Å². The zero-order chi connectivity index (χ0) is 28.8. The average Bonchev–Trinajstić information content (AvgIpc) is 3.71. The van der Waals surface area contributed by atoms with Gasteiger partial charge in [0, 0.05) is 42.2 Å². The Bertz CT molecular complexity index is 1790. The number of hydrogen-bond donors (Lipinski definition) is 1. The monoisotopic (exact) mass is 562 g/mol. The van der Waals surface area contributed by atoms with Crippen molar-refractivity contribution >= 4 is 27.1 Å². The number of nitriles is 1. The van der Waals surface area contributed by atoms with Crippen LogP contribution in [-0.4, -0.2) is 35.3 Å². The summed E-state index contributed by atoms with van der Waals surface area (Å²) in [5, 5.41) is 13.5. The van der Waals surface area contributed by atoms with Crippen LogP contribution < -0.4 is 10.6 Å². The Balaban J connectivity index is 1.61. The molecule has 2 aromatic heterocycles. The molecule has 2 N–H and O–H groups in total. The first-order chi connectivity index (χ1) is 19.0. The van der Waals surface area contributed by atoms with E-state index in [-0.39, 0.29) is 33.6 Å². The molecule has 1 aliphatic carbocycles. The summed E-state index contributed by atoms with van der Waals surface area (Å²) in [6, 6.07) is 11.2. The number of rotatable bonds is 7. The van der Waals surface area contributed by atoms with E-state index >= 15 is 4.39 Å². The van der Waals surface area contributed by atoms with Crippen molar-refractivity contribution in [2.24, 2.45) is 7.05 Å². The summed E-state index contributed by atoms with van der Waals surface area (Å²) in [7, 11) is -2.41. The number of halogens is 2. The standard InChI is InChI=1S/C28H24F2N6O3S/c1-35-27(19(12-31)14-34-35)21-8-5-18(25(30)26(21)32)15-36(23-10-7-20(29)11-24(23)40(2,38)39)28(37)17-6-9-22(33-13-17)16-3-4-16/h5-11,13-14,16H,3-4,15,32H2,1-2H3. The van der Waals surface area contributed by atoms with Crippen LogP contribution in [0, 0.1) is 23.0 Å². The Morgan fingerprint density at radius 3 is 2.55 bits per heavy atom. The normalized spacial score (nSPS) is 13.2. The molecule has 9 nitrogen and oxygen atoms in total. The van der Waals surface area contributed by atoms with Gasteiger partial charge in [0.25, 0.3) is 5.91 Å². The fraction of sp³-hybridized carbons (Fsp3) is 0.214. The first-order valence-electron chi connectivity index (χ1n) is 12.3. The number of pyridine rings is 1. The van der Waals surface area contributed by atoms with Crippen LogP contribution >= 0.6 is 0 Å². The summed E-state index contributed by atoms with van der Waals surface area (Å²) in [5.74, 6) is -1.97. The minimum atomic E-state index is -3.99. The van der Waals surface area contributed by atoms with Crippen molar-refractivity contribution in [1.29, 1.82) is 5.26 Å². The molecule has 0 atom stereocenters. The second-order valence-electron chi connectivity index (χ2n) is 9.66. The first-order valence-corrected chi connectivity index (χ1v) is 14.2. The van der Waals surface area contributed by atoms with E-state index in [0.29, 0.717) is 11.6 Å². The third-order valence-corrected chi connectivity index (χ3v) is 7.91. The molecule has 1 fully saturated rings. The lowest BCUT2D eigenvalue weighted by molar-refractivity contribution is 0.0984. The smallest absolute Gasteiger partial charge is 0.260 e. The van der Waals surface area contributed by atoms with E-state index < -0.39 is 38.8 Å². The molecule has 4 aromatic rings. The zero-order valence-corrected chi connectivity index (χ0v) is 22.4. The lowest BCUT2D eigenvalue weighted by atomic mass is 10.0. The molecule has 0 bridgehead atoms. The molecule has 0 aliphatic heterocycles. The lowest BCUT2D eigenvalue weighted by Crippen LogP contribution is -2.32. The number of nitrogens with zero attached hydrogens (tertiary/aromatic N) is 5. The lowest BCUT2D eigenvalue weighted by Gasteiger charge is -2.26. The molecular formula is C28H24F2N6O3S. The van der Waals surface area contributed by atoms with Gasteiger partial charge in [0.1, 0.15) is 11.9 Å². The summed E-state index contributed by atoms with van der Waals surface area (Å²) in [6.07, 6.45) is 5.67. The highest BCUT2D eigenvalue weighted by atomic mass is 32.2. The van der Waals surface area contributed by atoms with Gasteiger partial charge < -0.3 is 10.6 Å². The van der Waals surface area contributed by atoms with E-state index in [1.807, 2.05) is 6.07 Å². The molecule has 40 heavy (non-hydrogen) atoms. The second kappa shape index (κ2) is 10.2. The first kappa shape index (κ1) is 27.0. The molecular weight excluding hydrogens is 538 g/mol. The number of carbonyl (C=O) groups excluding carboxylic acids is 1. The largest absolute Gasteiger partial charge is 0.396 e. The van der Waals surface area contributed by atoms with Gasteiger partial charge in [-0.15, -0.1) is 0 Å². The van der Waals surface area contributed by atoms with Gasteiger partial charge in [-0.25, -0.2) is 17.2 Å². The predicted octanol–water partition coefficient (Wildman–Crippen LogP) is 4.34. The fourth-order valence-corrected chi connectivity index (χ4v) is 5.44. The van der Waals surface area contributed by atoms with Crippen LogP contribution in [0.25, 0.3) is 11.3 Å². The topological polar surface area (TPSA) is 135 Å². The van der Waals surface area contributed by atoms with Crippen LogP contribution in [0.4, 0.5) is 20.2 Å². The van der Waals surface area contributed by atoms with E-state index in [2.05, 4.69) is 10.1 Å². The number of nitrogens with two attached hydrogens (primary N) is 1. The molecule has 204 valence electrons. The van der Waals surface area contributed by atoms with Crippen LogP contribution in [0.3, 0.4) is 0 Å². The van der Waals surface area contributed by atoms with Gasteiger partial charge in [0.2, 0.25) is 0 Å². The maximum absolute atomic E-state index is 15.7. The summed E-state index contributed by atoms with van der Waals surface area (Å²) in [5.41, 5.74) is 7.47. The number of carbonyl (C=O) groups is 1. The van der Waals surface area contributed by atoms with E-state index in [0.717, 1.165) is 41.8 Å². The molecule has 2 aromatic carbocycles. The number of nitrogen functional groups attached to an aromatic ring is 1. The van der Waals surface area contributed by atoms with Crippen molar-refractivity contribution in [3.63, 3.8) is 0 Å². The molecule has 12 heteroatoms. The van der Waals surface area contributed by atoms with E-state index in [1.54, 1.807) is 19.2 Å². The third-order valence-electron chi connectivity index (χ3n) is 6.79. The molecule has 0 spiro atoms. The fourth-order valence-electron chi connectivity index (χ4n) is 4.56. The molecule has 1 amide bonds. The molecule has 5 rings (SSSR count). The highest BCUT2D eigenvalue weighted by Gasteiger charge is 2.29.